The van der Waals surface area contributed by atoms with Crippen molar-refractivity contribution in [2.24, 2.45) is 0 Å². The molecule has 0 aliphatic rings. The molecule has 2 N–H and O–H groups in total. The maximum atomic E-state index is 12.8. The topological polar surface area (TPSA) is 98.8 Å². The van der Waals surface area contributed by atoms with Gasteiger partial charge in [-0.2, -0.15) is 13.2 Å². The van der Waals surface area contributed by atoms with E-state index in [9.17, 15) is 22.8 Å². The molecule has 0 saturated carbocycles. The number of amides is 3. The van der Waals surface area contributed by atoms with Crippen LogP contribution < -0.4 is 24.8 Å². The number of hydrogen-bond acceptors (Lipinski definition) is 6. The fourth-order valence-corrected chi connectivity index (χ4v) is 3.11. The number of aromatic nitrogens is 1. The summed E-state index contributed by atoms with van der Waals surface area (Å²) >= 11 is 5.67. The molecule has 0 aliphatic heterocycles. The number of carbonyl (C=O) groups is 2. The van der Waals surface area contributed by atoms with Crippen LogP contribution in [0.4, 0.5) is 23.7 Å². The zero-order chi connectivity index (χ0) is 24.9. The van der Waals surface area contributed by atoms with Crippen LogP contribution in [-0.4, -0.2) is 31.1 Å². The second-order valence-electron chi connectivity index (χ2n) is 6.57. The molecule has 178 valence electrons. The molecule has 0 aliphatic carbocycles. The number of anilines is 1. The summed E-state index contributed by atoms with van der Waals surface area (Å²) in [5.74, 6) is -0.233. The summed E-state index contributed by atoms with van der Waals surface area (Å²) < 4.78 is 54.1. The van der Waals surface area contributed by atoms with Crippen molar-refractivity contribution >= 4 is 29.2 Å². The number of carbonyl (C=O) groups excluding carboxylic acids is 2. The Bertz CT molecular complexity index is 1180. The van der Waals surface area contributed by atoms with Gasteiger partial charge in [-0.1, -0.05) is 17.7 Å². The predicted molar refractivity (Wildman–Crippen MR) is 117 cm³/mol. The minimum absolute atomic E-state index is 0.0385. The van der Waals surface area contributed by atoms with Gasteiger partial charge in [0.05, 0.1) is 36.7 Å². The standard InChI is InChI=1S/C22H17ClF3N3O5/c1-32-16-4-3-5-17(33-2)19(16)20(30)29-21(31)28-12-6-9-18(27-11-12)34-13-7-8-14(15(23)10-13)22(24,25)26/h3-11H,1-2H3,(H2,28,29,30,31). The molecule has 1 heterocycles. The van der Waals surface area contributed by atoms with Gasteiger partial charge >= 0.3 is 12.2 Å². The van der Waals surface area contributed by atoms with Gasteiger partial charge in [-0.3, -0.25) is 10.1 Å². The van der Waals surface area contributed by atoms with E-state index < -0.39 is 28.7 Å². The summed E-state index contributed by atoms with van der Waals surface area (Å²) in [6.45, 7) is 0. The summed E-state index contributed by atoms with van der Waals surface area (Å²) in [6.07, 6.45) is -3.35. The van der Waals surface area contributed by atoms with E-state index in [1.165, 1.54) is 32.5 Å². The van der Waals surface area contributed by atoms with Crippen molar-refractivity contribution in [3.8, 4) is 23.1 Å². The zero-order valence-electron chi connectivity index (χ0n) is 17.7. The highest BCUT2D eigenvalue weighted by Crippen LogP contribution is 2.37. The Hall–Kier alpha value is -3.99. The van der Waals surface area contributed by atoms with E-state index in [2.05, 4.69) is 15.6 Å². The fourth-order valence-electron chi connectivity index (χ4n) is 2.83. The Kier molecular flexibility index (Phi) is 7.47. The van der Waals surface area contributed by atoms with Crippen LogP contribution in [0.5, 0.6) is 23.1 Å². The van der Waals surface area contributed by atoms with Gasteiger partial charge < -0.3 is 19.5 Å². The van der Waals surface area contributed by atoms with Gasteiger partial charge in [0.25, 0.3) is 5.91 Å². The number of halogens is 4. The van der Waals surface area contributed by atoms with Crippen molar-refractivity contribution < 1.29 is 37.0 Å². The van der Waals surface area contributed by atoms with Gasteiger partial charge in [-0.25, -0.2) is 9.78 Å². The maximum Gasteiger partial charge on any atom is 0.417 e. The Morgan fingerprint density at radius 1 is 1.00 bits per heavy atom. The number of imide groups is 1. The second-order valence-corrected chi connectivity index (χ2v) is 6.98. The maximum absolute atomic E-state index is 12.8. The number of nitrogens with zero attached hydrogens (tertiary/aromatic N) is 1. The predicted octanol–water partition coefficient (Wildman–Crippen LogP) is 5.53. The number of urea groups is 1. The second kappa shape index (κ2) is 10.3. The first-order valence-corrected chi connectivity index (χ1v) is 9.84. The molecular formula is C22H17ClF3N3O5. The van der Waals surface area contributed by atoms with Crippen LogP contribution in [-0.2, 0) is 6.18 Å². The lowest BCUT2D eigenvalue weighted by Crippen LogP contribution is -2.34. The van der Waals surface area contributed by atoms with Crippen LogP contribution in [0.15, 0.2) is 54.7 Å². The SMILES string of the molecule is COc1cccc(OC)c1C(=O)NC(=O)Nc1ccc(Oc2ccc(C(F)(F)F)c(Cl)c2)nc1. The van der Waals surface area contributed by atoms with Gasteiger partial charge in [0.2, 0.25) is 5.88 Å². The lowest BCUT2D eigenvalue weighted by molar-refractivity contribution is -0.137. The summed E-state index contributed by atoms with van der Waals surface area (Å²) in [5.41, 5.74) is -0.727. The lowest BCUT2D eigenvalue weighted by Gasteiger charge is -2.13. The van der Waals surface area contributed by atoms with E-state index in [1.807, 2.05) is 0 Å². The largest absolute Gasteiger partial charge is 0.496 e. The van der Waals surface area contributed by atoms with Gasteiger partial charge in [0.1, 0.15) is 22.8 Å². The van der Waals surface area contributed by atoms with Crippen molar-refractivity contribution in [1.29, 1.82) is 0 Å². The molecule has 3 rings (SSSR count). The summed E-state index contributed by atoms with van der Waals surface area (Å²) in [7, 11) is 2.75. The van der Waals surface area contributed by atoms with Crippen molar-refractivity contribution in [3.05, 3.63) is 70.9 Å². The van der Waals surface area contributed by atoms with E-state index in [0.717, 1.165) is 18.2 Å². The summed E-state index contributed by atoms with van der Waals surface area (Å²) in [6, 6.07) is 9.58. The van der Waals surface area contributed by atoms with Gasteiger partial charge in [-0.15, -0.1) is 0 Å². The molecule has 0 bridgehead atoms. The number of nitrogens with one attached hydrogen (secondary N) is 2. The normalized spacial score (nSPS) is 10.9. The van der Waals surface area contributed by atoms with E-state index in [-0.39, 0.29) is 34.4 Å². The van der Waals surface area contributed by atoms with E-state index in [1.54, 1.807) is 18.2 Å². The molecule has 2 aromatic carbocycles. The third-order valence-corrected chi connectivity index (χ3v) is 4.66. The van der Waals surface area contributed by atoms with E-state index in [4.69, 9.17) is 25.8 Å². The number of pyridine rings is 1. The number of methoxy groups -OCH3 is 2. The van der Waals surface area contributed by atoms with Crippen molar-refractivity contribution in [1.82, 2.24) is 10.3 Å². The van der Waals surface area contributed by atoms with Crippen molar-refractivity contribution in [3.63, 3.8) is 0 Å². The third-order valence-electron chi connectivity index (χ3n) is 4.34. The smallest absolute Gasteiger partial charge is 0.417 e. The summed E-state index contributed by atoms with van der Waals surface area (Å²) in [5, 5.41) is 4.07. The molecular weight excluding hydrogens is 479 g/mol. The fraction of sp³-hybridized carbons (Fsp3) is 0.136. The quantitative estimate of drug-likeness (QED) is 0.467. The molecule has 0 spiro atoms. The van der Waals surface area contributed by atoms with Crippen molar-refractivity contribution in [2.75, 3.05) is 19.5 Å². The number of ether oxygens (including phenoxy) is 3. The minimum Gasteiger partial charge on any atom is -0.496 e. The molecule has 8 nitrogen and oxygen atoms in total. The van der Waals surface area contributed by atoms with Gasteiger partial charge in [-0.05, 0) is 30.3 Å². The Morgan fingerprint density at radius 3 is 2.21 bits per heavy atom. The number of benzene rings is 2. The molecule has 0 fully saturated rings. The van der Waals surface area contributed by atoms with Crippen LogP contribution in [0.25, 0.3) is 0 Å². The monoisotopic (exact) mass is 495 g/mol. The first kappa shape index (κ1) is 24.6. The highest BCUT2D eigenvalue weighted by atomic mass is 35.5. The third kappa shape index (κ3) is 5.87. The Labute approximate surface area is 196 Å². The lowest BCUT2D eigenvalue weighted by atomic mass is 10.1. The van der Waals surface area contributed by atoms with Gasteiger partial charge in [0.15, 0.2) is 0 Å². The van der Waals surface area contributed by atoms with Gasteiger partial charge in [0, 0.05) is 12.1 Å². The molecule has 12 heteroatoms. The molecule has 1 aromatic heterocycles. The molecule has 3 aromatic rings. The number of rotatable bonds is 6. The molecule has 0 saturated heterocycles. The molecule has 0 unspecified atom stereocenters. The zero-order valence-corrected chi connectivity index (χ0v) is 18.5. The molecule has 0 radical (unpaired) electrons. The van der Waals surface area contributed by atoms with E-state index in [0.29, 0.717) is 0 Å². The Balaban J connectivity index is 1.63. The highest BCUT2D eigenvalue weighted by Gasteiger charge is 2.33. The van der Waals surface area contributed by atoms with Crippen LogP contribution in [0.2, 0.25) is 5.02 Å². The Morgan fingerprint density at radius 2 is 1.68 bits per heavy atom. The number of hydrogen-bond donors (Lipinski definition) is 2. The van der Waals surface area contributed by atoms with E-state index >= 15 is 0 Å². The molecule has 34 heavy (non-hydrogen) atoms. The number of alkyl halides is 3. The average molecular weight is 496 g/mol. The van der Waals surface area contributed by atoms with Crippen molar-refractivity contribution in [2.45, 2.75) is 6.18 Å². The first-order chi connectivity index (χ1) is 16.1. The molecule has 0 atom stereocenters. The first-order valence-electron chi connectivity index (χ1n) is 9.46. The average Bonchev–Trinajstić information content (AvgIpc) is 2.78. The van der Waals surface area contributed by atoms with Crippen LogP contribution >= 0.6 is 11.6 Å². The molecule has 3 amide bonds. The highest BCUT2D eigenvalue weighted by molar-refractivity contribution is 6.31. The van der Waals surface area contributed by atoms with Crippen LogP contribution in [0, 0.1) is 0 Å². The van der Waals surface area contributed by atoms with Crippen LogP contribution in [0.3, 0.4) is 0 Å². The van der Waals surface area contributed by atoms with Crippen LogP contribution in [0.1, 0.15) is 15.9 Å². The minimum atomic E-state index is -4.58. The summed E-state index contributed by atoms with van der Waals surface area (Å²) in [4.78, 5) is 28.7.